The Morgan fingerprint density at radius 2 is 2.05 bits per heavy atom. The minimum atomic E-state index is -2.91. The van der Waals surface area contributed by atoms with Crippen LogP contribution in [-0.2, 0) is 22.7 Å². The summed E-state index contributed by atoms with van der Waals surface area (Å²) in [5, 5.41) is 4.52. The van der Waals surface area contributed by atoms with Crippen LogP contribution in [0.5, 0.6) is 0 Å². The molecule has 1 unspecified atom stereocenters. The molecule has 3 heterocycles. The first-order valence-electron chi connectivity index (χ1n) is 7.84. The number of nitrogens with one attached hydrogen (secondary N) is 1. The van der Waals surface area contributed by atoms with Gasteiger partial charge in [0.1, 0.15) is 17.0 Å². The zero-order valence-electron chi connectivity index (χ0n) is 12.3. The zero-order chi connectivity index (χ0) is 15.2. The van der Waals surface area contributed by atoms with Gasteiger partial charge in [0.2, 0.25) is 0 Å². The van der Waals surface area contributed by atoms with Crippen LogP contribution in [0.1, 0.15) is 36.1 Å². The van der Waals surface area contributed by atoms with Gasteiger partial charge in [0.05, 0.1) is 16.9 Å². The van der Waals surface area contributed by atoms with Crippen molar-refractivity contribution < 1.29 is 8.42 Å². The van der Waals surface area contributed by atoms with Gasteiger partial charge in [-0.3, -0.25) is 0 Å². The first kappa shape index (κ1) is 14.4. The van der Waals surface area contributed by atoms with Crippen molar-refractivity contribution in [3.05, 3.63) is 16.8 Å². The molecule has 0 bridgehead atoms. The molecule has 1 aliphatic carbocycles. The second-order valence-electron chi connectivity index (χ2n) is 6.21. The predicted molar refractivity (Wildman–Crippen MR) is 89.4 cm³/mol. The first-order chi connectivity index (χ1) is 10.6. The molecule has 118 valence electrons. The number of thiophene rings is 1. The van der Waals surface area contributed by atoms with Gasteiger partial charge in [-0.05, 0) is 44.1 Å². The van der Waals surface area contributed by atoms with E-state index in [1.54, 1.807) is 17.7 Å². The highest BCUT2D eigenvalue weighted by Crippen LogP contribution is 2.38. The molecule has 22 heavy (non-hydrogen) atoms. The number of anilines is 1. The third kappa shape index (κ3) is 2.60. The van der Waals surface area contributed by atoms with Crippen LogP contribution in [0.2, 0.25) is 0 Å². The first-order valence-corrected chi connectivity index (χ1v) is 10.5. The molecule has 4 rings (SSSR count). The standard InChI is InChI=1S/C15H19N3O2S2/c19-22(20)7-3-4-10(8-22)18-14-13-11-5-1-2-6-12(11)21-15(13)17-9-16-14/h9-10H,1-8H2,(H,16,17,18). The average molecular weight is 337 g/mol. The Bertz CT molecular complexity index is 814. The van der Waals surface area contributed by atoms with Crippen molar-refractivity contribution in [1.82, 2.24) is 9.97 Å². The molecule has 0 spiro atoms. The topological polar surface area (TPSA) is 72.0 Å². The van der Waals surface area contributed by atoms with Crippen LogP contribution in [0.15, 0.2) is 6.33 Å². The van der Waals surface area contributed by atoms with Crippen molar-refractivity contribution in [2.45, 2.75) is 44.6 Å². The molecular formula is C15H19N3O2S2. The Morgan fingerprint density at radius 1 is 1.18 bits per heavy atom. The molecular weight excluding hydrogens is 318 g/mol. The van der Waals surface area contributed by atoms with Crippen LogP contribution in [0.25, 0.3) is 10.2 Å². The van der Waals surface area contributed by atoms with Gasteiger partial charge in [-0.25, -0.2) is 18.4 Å². The fourth-order valence-electron chi connectivity index (χ4n) is 3.53. The lowest BCUT2D eigenvalue weighted by atomic mass is 9.97. The third-order valence-corrected chi connectivity index (χ3v) is 7.58. The van der Waals surface area contributed by atoms with Gasteiger partial charge in [-0.1, -0.05) is 0 Å². The summed E-state index contributed by atoms with van der Waals surface area (Å²) in [4.78, 5) is 11.3. The summed E-state index contributed by atoms with van der Waals surface area (Å²) in [6.45, 7) is 0. The molecule has 0 aromatic carbocycles. The highest BCUT2D eigenvalue weighted by molar-refractivity contribution is 7.91. The van der Waals surface area contributed by atoms with E-state index in [4.69, 9.17) is 0 Å². The molecule has 7 heteroatoms. The molecule has 1 saturated heterocycles. The molecule has 0 amide bonds. The van der Waals surface area contributed by atoms with Crippen molar-refractivity contribution in [1.29, 1.82) is 0 Å². The molecule has 1 atom stereocenters. The van der Waals surface area contributed by atoms with Gasteiger partial charge in [0.25, 0.3) is 0 Å². The highest BCUT2D eigenvalue weighted by atomic mass is 32.2. The van der Waals surface area contributed by atoms with Gasteiger partial charge in [0.15, 0.2) is 9.84 Å². The molecule has 1 aliphatic heterocycles. The third-order valence-electron chi connectivity index (χ3n) is 4.56. The largest absolute Gasteiger partial charge is 0.366 e. The fraction of sp³-hybridized carbons (Fsp3) is 0.600. The van der Waals surface area contributed by atoms with Crippen LogP contribution >= 0.6 is 11.3 Å². The maximum Gasteiger partial charge on any atom is 0.152 e. The van der Waals surface area contributed by atoms with E-state index >= 15 is 0 Å². The second-order valence-corrected chi connectivity index (χ2v) is 9.52. The van der Waals surface area contributed by atoms with Crippen molar-refractivity contribution in [3.63, 3.8) is 0 Å². The quantitative estimate of drug-likeness (QED) is 0.912. The van der Waals surface area contributed by atoms with Crippen LogP contribution in [-0.4, -0.2) is 35.9 Å². The molecule has 5 nitrogen and oxygen atoms in total. The van der Waals surface area contributed by atoms with Gasteiger partial charge in [-0.2, -0.15) is 0 Å². The average Bonchev–Trinajstić information content (AvgIpc) is 2.85. The minimum Gasteiger partial charge on any atom is -0.366 e. The molecule has 0 radical (unpaired) electrons. The van der Waals surface area contributed by atoms with Crippen molar-refractivity contribution >= 4 is 37.2 Å². The predicted octanol–water partition coefficient (Wildman–Crippen LogP) is 2.56. The fourth-order valence-corrected chi connectivity index (χ4v) is 6.39. The van der Waals surface area contributed by atoms with Gasteiger partial charge in [0, 0.05) is 10.9 Å². The highest BCUT2D eigenvalue weighted by Gasteiger charge is 2.26. The summed E-state index contributed by atoms with van der Waals surface area (Å²) < 4.78 is 23.7. The van der Waals surface area contributed by atoms with Crippen LogP contribution in [0.4, 0.5) is 5.82 Å². The van der Waals surface area contributed by atoms with Gasteiger partial charge >= 0.3 is 0 Å². The summed E-state index contributed by atoms with van der Waals surface area (Å²) in [6.07, 6.45) is 7.88. The molecule has 2 aromatic rings. The van der Waals surface area contributed by atoms with Crippen molar-refractivity contribution in [2.24, 2.45) is 0 Å². The van der Waals surface area contributed by atoms with E-state index in [9.17, 15) is 8.42 Å². The smallest absolute Gasteiger partial charge is 0.152 e. The monoisotopic (exact) mass is 337 g/mol. The molecule has 0 saturated carbocycles. The van der Waals surface area contributed by atoms with E-state index in [2.05, 4.69) is 15.3 Å². The number of aromatic nitrogens is 2. The number of fused-ring (bicyclic) bond motifs is 3. The van der Waals surface area contributed by atoms with Gasteiger partial charge < -0.3 is 5.32 Å². The molecule has 1 fully saturated rings. The Morgan fingerprint density at radius 3 is 2.91 bits per heavy atom. The van der Waals surface area contributed by atoms with Crippen molar-refractivity contribution in [3.8, 4) is 0 Å². The number of sulfone groups is 1. The lowest BCUT2D eigenvalue weighted by Gasteiger charge is -2.24. The number of aryl methyl sites for hydroxylation is 2. The van der Waals surface area contributed by atoms with Crippen LogP contribution in [0, 0.1) is 0 Å². The lowest BCUT2D eigenvalue weighted by Crippen LogP contribution is -2.35. The molecule has 1 N–H and O–H groups in total. The van der Waals surface area contributed by atoms with Crippen molar-refractivity contribution in [2.75, 3.05) is 16.8 Å². The summed E-state index contributed by atoms with van der Waals surface area (Å²) in [6, 6.07) is -0.0315. The summed E-state index contributed by atoms with van der Waals surface area (Å²) in [5.74, 6) is 1.36. The maximum atomic E-state index is 11.8. The Hall–Kier alpha value is -1.21. The number of hydrogen-bond acceptors (Lipinski definition) is 6. The van der Waals surface area contributed by atoms with E-state index in [0.717, 1.165) is 41.7 Å². The van der Waals surface area contributed by atoms with Crippen LogP contribution in [0.3, 0.4) is 0 Å². The van der Waals surface area contributed by atoms with Crippen LogP contribution < -0.4 is 5.32 Å². The molecule has 2 aliphatic rings. The zero-order valence-corrected chi connectivity index (χ0v) is 14.0. The number of nitrogens with zero attached hydrogens (tertiary/aromatic N) is 2. The summed E-state index contributed by atoms with van der Waals surface area (Å²) in [5.41, 5.74) is 1.38. The lowest BCUT2D eigenvalue weighted by molar-refractivity contribution is 0.561. The molecule has 2 aromatic heterocycles. The Balaban J connectivity index is 1.71. The van der Waals surface area contributed by atoms with E-state index in [-0.39, 0.29) is 11.8 Å². The summed E-state index contributed by atoms with van der Waals surface area (Å²) >= 11 is 1.77. The van der Waals surface area contributed by atoms with E-state index < -0.39 is 9.84 Å². The Labute approximate surface area is 134 Å². The number of rotatable bonds is 2. The number of hydrogen-bond donors (Lipinski definition) is 1. The SMILES string of the molecule is O=S1(=O)CCCC(Nc2ncnc3sc4c(c23)CCCC4)C1. The summed E-state index contributed by atoms with van der Waals surface area (Å²) in [7, 11) is -2.91. The van der Waals surface area contributed by atoms with E-state index in [1.165, 1.54) is 23.3 Å². The Kier molecular flexibility index (Phi) is 3.57. The minimum absolute atomic E-state index is 0.0315. The normalized spacial score (nSPS) is 24.1. The second kappa shape index (κ2) is 5.45. The van der Waals surface area contributed by atoms with E-state index in [0.29, 0.717) is 5.75 Å². The van der Waals surface area contributed by atoms with E-state index in [1.807, 2.05) is 0 Å². The maximum absolute atomic E-state index is 11.8. The van der Waals surface area contributed by atoms with Gasteiger partial charge in [-0.15, -0.1) is 11.3 Å².